The van der Waals surface area contributed by atoms with Gasteiger partial charge in [-0.2, -0.15) is 4.98 Å². The first kappa shape index (κ1) is 20.4. The third-order valence-corrected chi connectivity index (χ3v) is 4.73. The molecule has 0 fully saturated rings. The van der Waals surface area contributed by atoms with Crippen LogP contribution in [0, 0.1) is 0 Å². The van der Waals surface area contributed by atoms with Crippen molar-refractivity contribution in [2.45, 2.75) is 26.4 Å². The highest BCUT2D eigenvalue weighted by molar-refractivity contribution is 5.99. The van der Waals surface area contributed by atoms with Crippen LogP contribution in [0.5, 0.6) is 5.75 Å². The predicted molar refractivity (Wildman–Crippen MR) is 121 cm³/mol. The first-order chi connectivity index (χ1) is 14.7. The summed E-state index contributed by atoms with van der Waals surface area (Å²) in [5.74, 6) is 6.83. The normalized spacial score (nSPS) is 11.6. The third-order valence-electron chi connectivity index (χ3n) is 4.73. The van der Waals surface area contributed by atoms with E-state index in [1.165, 1.54) is 0 Å². The van der Waals surface area contributed by atoms with Crippen LogP contribution in [0.3, 0.4) is 0 Å². The molecule has 31 heavy (non-hydrogen) atoms. The fraction of sp³-hybridized carbons (Fsp3) is 0.227. The van der Waals surface area contributed by atoms with Crippen molar-refractivity contribution in [2.75, 3.05) is 18.3 Å². The van der Waals surface area contributed by atoms with Gasteiger partial charge in [0, 0.05) is 10.8 Å². The van der Waals surface area contributed by atoms with Crippen molar-refractivity contribution in [1.82, 2.24) is 14.5 Å². The average Bonchev–Trinajstić information content (AvgIpc) is 3.10. The number of nitrogen functional groups attached to an aromatic ring is 2. The summed E-state index contributed by atoms with van der Waals surface area (Å²) in [4.78, 5) is 21.5. The highest BCUT2D eigenvalue weighted by Crippen LogP contribution is 2.34. The lowest BCUT2D eigenvalue weighted by atomic mass is 10.1. The van der Waals surface area contributed by atoms with Gasteiger partial charge in [-0.1, -0.05) is 6.07 Å². The van der Waals surface area contributed by atoms with Gasteiger partial charge in [0.25, 0.3) is 0 Å². The summed E-state index contributed by atoms with van der Waals surface area (Å²) in [5, 5.41) is 1.51. The van der Waals surface area contributed by atoms with Crippen LogP contribution in [0.15, 0.2) is 42.5 Å². The second-order valence-corrected chi connectivity index (χ2v) is 8.08. The highest BCUT2D eigenvalue weighted by atomic mass is 16.6. The van der Waals surface area contributed by atoms with Gasteiger partial charge in [0.15, 0.2) is 5.82 Å². The molecule has 0 atom stereocenters. The SMILES string of the molecule is COc1ccc2c(c1)cc(-c1ccc3nc(N)nc(NN)c3c1)n2C(=O)OC(C)(C)C. The minimum Gasteiger partial charge on any atom is -0.497 e. The Labute approximate surface area is 178 Å². The van der Waals surface area contributed by atoms with Crippen LogP contribution in [-0.4, -0.2) is 33.3 Å². The van der Waals surface area contributed by atoms with Crippen LogP contribution in [0.1, 0.15) is 20.8 Å². The van der Waals surface area contributed by atoms with Gasteiger partial charge in [-0.25, -0.2) is 20.2 Å². The molecule has 9 nitrogen and oxygen atoms in total. The van der Waals surface area contributed by atoms with Gasteiger partial charge in [0.2, 0.25) is 5.95 Å². The van der Waals surface area contributed by atoms with Crippen LogP contribution >= 0.6 is 0 Å². The van der Waals surface area contributed by atoms with E-state index < -0.39 is 11.7 Å². The van der Waals surface area contributed by atoms with Crippen molar-refractivity contribution in [3.63, 3.8) is 0 Å². The fourth-order valence-corrected chi connectivity index (χ4v) is 3.45. The number of hydrogen-bond donors (Lipinski definition) is 3. The molecule has 0 saturated carbocycles. The predicted octanol–water partition coefficient (Wildman–Crippen LogP) is 3.91. The molecule has 160 valence electrons. The quantitative estimate of drug-likeness (QED) is 0.336. The number of hydrogen-bond acceptors (Lipinski definition) is 8. The second-order valence-electron chi connectivity index (χ2n) is 8.08. The number of ether oxygens (including phenoxy) is 2. The molecule has 0 amide bonds. The molecule has 0 aliphatic carbocycles. The van der Waals surface area contributed by atoms with Gasteiger partial charge in [-0.3, -0.25) is 0 Å². The topological polar surface area (TPSA) is 130 Å². The molecule has 9 heteroatoms. The lowest BCUT2D eigenvalue weighted by molar-refractivity contribution is 0.0547. The molecule has 4 rings (SSSR count). The summed E-state index contributed by atoms with van der Waals surface area (Å²) >= 11 is 0. The van der Waals surface area contributed by atoms with Gasteiger partial charge in [-0.15, -0.1) is 0 Å². The highest BCUT2D eigenvalue weighted by Gasteiger charge is 2.23. The monoisotopic (exact) mass is 420 g/mol. The number of carbonyl (C=O) groups excluding carboxylic acids is 1. The smallest absolute Gasteiger partial charge is 0.419 e. The Morgan fingerprint density at radius 1 is 1.10 bits per heavy atom. The van der Waals surface area contributed by atoms with E-state index in [-0.39, 0.29) is 5.95 Å². The lowest BCUT2D eigenvalue weighted by Gasteiger charge is -2.21. The van der Waals surface area contributed by atoms with E-state index in [9.17, 15) is 4.79 Å². The minimum atomic E-state index is -0.650. The first-order valence-electron chi connectivity index (χ1n) is 9.67. The summed E-state index contributed by atoms with van der Waals surface area (Å²) in [6.45, 7) is 5.49. The van der Waals surface area contributed by atoms with Crippen molar-refractivity contribution < 1.29 is 14.3 Å². The molecule has 0 spiro atoms. The summed E-state index contributed by atoms with van der Waals surface area (Å²) in [5.41, 5.74) is 10.4. The molecule has 4 aromatic rings. The number of hydrazine groups is 1. The molecule has 2 heterocycles. The molecule has 0 aliphatic rings. The van der Waals surface area contributed by atoms with Gasteiger partial charge < -0.3 is 20.6 Å². The van der Waals surface area contributed by atoms with Gasteiger partial charge in [0.05, 0.1) is 23.8 Å². The van der Waals surface area contributed by atoms with Crippen molar-refractivity contribution >= 4 is 39.7 Å². The standard InChI is InChI=1S/C22H24N6O3/c1-22(2,3)31-21(29)28-17-8-6-14(30-4)9-13(17)11-18(28)12-5-7-16-15(10-12)19(27-24)26-20(23)25-16/h5-11H,24H2,1-4H3,(H3,23,25,26,27). The molecule has 0 bridgehead atoms. The van der Waals surface area contributed by atoms with Crippen LogP contribution in [0.4, 0.5) is 16.6 Å². The van der Waals surface area contributed by atoms with E-state index in [4.69, 9.17) is 21.1 Å². The Balaban J connectivity index is 1.97. The number of carbonyl (C=O) groups is 1. The number of rotatable bonds is 3. The number of nitrogens with one attached hydrogen (secondary N) is 1. The minimum absolute atomic E-state index is 0.114. The Morgan fingerprint density at radius 3 is 2.55 bits per heavy atom. The Kier molecular flexibility index (Phi) is 4.90. The molecule has 0 radical (unpaired) electrons. The number of anilines is 2. The molecule has 0 unspecified atom stereocenters. The lowest BCUT2D eigenvalue weighted by Crippen LogP contribution is -2.27. The van der Waals surface area contributed by atoms with Crippen LogP contribution < -0.4 is 21.7 Å². The zero-order chi connectivity index (χ0) is 22.3. The fourth-order valence-electron chi connectivity index (χ4n) is 3.45. The number of methoxy groups -OCH3 is 1. The number of fused-ring (bicyclic) bond motifs is 2. The number of aromatic nitrogens is 3. The largest absolute Gasteiger partial charge is 0.497 e. The van der Waals surface area contributed by atoms with Crippen molar-refractivity contribution in [2.24, 2.45) is 5.84 Å². The van der Waals surface area contributed by atoms with Crippen LogP contribution in [0.2, 0.25) is 0 Å². The summed E-state index contributed by atoms with van der Waals surface area (Å²) < 4.78 is 12.6. The maximum atomic E-state index is 13.2. The maximum Gasteiger partial charge on any atom is 0.419 e. The molecule has 0 aliphatic heterocycles. The summed E-state index contributed by atoms with van der Waals surface area (Å²) in [7, 11) is 1.60. The number of benzene rings is 2. The van der Waals surface area contributed by atoms with Gasteiger partial charge in [0.1, 0.15) is 11.4 Å². The summed E-state index contributed by atoms with van der Waals surface area (Å²) in [6.07, 6.45) is -0.478. The van der Waals surface area contributed by atoms with Crippen LogP contribution in [-0.2, 0) is 4.74 Å². The van der Waals surface area contributed by atoms with E-state index in [0.29, 0.717) is 33.7 Å². The molecule has 2 aromatic carbocycles. The first-order valence-corrected chi connectivity index (χ1v) is 9.67. The van der Waals surface area contributed by atoms with E-state index in [1.54, 1.807) is 23.8 Å². The average molecular weight is 420 g/mol. The van der Waals surface area contributed by atoms with E-state index in [1.807, 2.05) is 51.1 Å². The van der Waals surface area contributed by atoms with Crippen molar-refractivity contribution in [3.05, 3.63) is 42.5 Å². The van der Waals surface area contributed by atoms with Crippen LogP contribution in [0.25, 0.3) is 33.1 Å². The Morgan fingerprint density at radius 2 is 1.87 bits per heavy atom. The number of nitrogens with two attached hydrogens (primary N) is 2. The molecule has 5 N–H and O–H groups in total. The van der Waals surface area contributed by atoms with E-state index in [2.05, 4.69) is 15.4 Å². The van der Waals surface area contributed by atoms with Crippen molar-refractivity contribution in [3.8, 4) is 17.0 Å². The molecule has 0 saturated heterocycles. The van der Waals surface area contributed by atoms with E-state index in [0.717, 1.165) is 10.9 Å². The zero-order valence-electron chi connectivity index (χ0n) is 17.8. The molecular weight excluding hydrogens is 396 g/mol. The second kappa shape index (κ2) is 7.44. The Hall–Kier alpha value is -3.85. The third kappa shape index (κ3) is 3.82. The molecule has 2 aromatic heterocycles. The maximum absolute atomic E-state index is 13.2. The van der Waals surface area contributed by atoms with Crippen molar-refractivity contribution in [1.29, 1.82) is 0 Å². The van der Waals surface area contributed by atoms with Gasteiger partial charge >= 0.3 is 6.09 Å². The van der Waals surface area contributed by atoms with E-state index >= 15 is 0 Å². The number of nitrogens with zero attached hydrogens (tertiary/aromatic N) is 3. The molecular formula is C22H24N6O3. The Bertz CT molecular complexity index is 1310. The summed E-state index contributed by atoms with van der Waals surface area (Å²) in [6, 6.07) is 13.0. The zero-order valence-corrected chi connectivity index (χ0v) is 17.8. The van der Waals surface area contributed by atoms with Gasteiger partial charge in [-0.05, 0) is 62.7 Å².